The molecule has 6 aromatic heterocycles. The van der Waals surface area contributed by atoms with Crippen molar-refractivity contribution in [2.24, 2.45) is 0 Å². The van der Waals surface area contributed by atoms with Crippen molar-refractivity contribution in [3.8, 4) is 39.9 Å². The van der Waals surface area contributed by atoms with Crippen LogP contribution >= 0.6 is 0 Å². The second kappa shape index (κ2) is 20.2. The van der Waals surface area contributed by atoms with Crippen LogP contribution in [-0.4, -0.2) is 105 Å². The van der Waals surface area contributed by atoms with E-state index in [4.69, 9.17) is 14.2 Å². The van der Waals surface area contributed by atoms with Crippen LogP contribution in [0.4, 0.5) is 37.7 Å². The predicted molar refractivity (Wildman–Crippen MR) is 246 cm³/mol. The summed E-state index contributed by atoms with van der Waals surface area (Å²) in [6.45, 7) is 4.30. The highest BCUT2D eigenvalue weighted by atomic mass is 19.4. The van der Waals surface area contributed by atoms with E-state index < -0.39 is 73.9 Å². The molecule has 374 valence electrons. The number of hydrogen-bond acceptors (Lipinski definition) is 14. The highest BCUT2D eigenvalue weighted by Crippen LogP contribution is 2.40. The van der Waals surface area contributed by atoms with Gasteiger partial charge in [-0.15, -0.1) is 0 Å². The Kier molecular flexibility index (Phi) is 14.1. The number of pyridine rings is 2. The van der Waals surface area contributed by atoms with Crippen molar-refractivity contribution < 1.29 is 65.5 Å². The number of alkyl halides is 6. The number of aromatic nitrogens is 8. The smallest absolute Gasteiger partial charge is 0.417 e. The second-order valence-electron chi connectivity index (χ2n) is 16.3. The van der Waals surface area contributed by atoms with Crippen molar-refractivity contribution in [2.75, 3.05) is 37.1 Å². The Hall–Kier alpha value is -8.22. The molecule has 0 aliphatic carbocycles. The zero-order chi connectivity index (χ0) is 51.6. The van der Waals surface area contributed by atoms with E-state index in [1.807, 2.05) is 0 Å². The standard InChI is InChI=1S/C48H42F6N10O8/c1-24-15-29(60-45(69)41-27(4)58-42-38(70-21-30(66)20-65)16-36(62-64(41)42)32-9-5-7-11-34(32)47(49,50)51)19-56-46(24)72-23-31(67)22-71-39-17-37(33-10-6-8-12-35(33)48(52,53)54)61-63-40(26(3)57-43(39)63)44(68)59-28-14-13-25(2)55-18-28/h5-19,30-31,65-67H,20-23H2,1-4H3,(H,59,68)(H,60,69)/t30-,31+/m1/s1. The third kappa shape index (κ3) is 10.7. The zero-order valence-corrected chi connectivity index (χ0v) is 38.4. The van der Waals surface area contributed by atoms with Gasteiger partial charge in [-0.05, 0) is 58.0 Å². The number of carbonyl (C=O) groups is 2. The first-order valence-corrected chi connectivity index (χ1v) is 21.7. The van der Waals surface area contributed by atoms with Crippen LogP contribution in [0.5, 0.6) is 17.4 Å². The molecule has 18 nitrogen and oxygen atoms in total. The molecular formula is C48H42F6N10O8. The van der Waals surface area contributed by atoms with Crippen molar-refractivity contribution in [3.05, 3.63) is 136 Å². The van der Waals surface area contributed by atoms with Gasteiger partial charge < -0.3 is 40.2 Å². The summed E-state index contributed by atoms with van der Waals surface area (Å²) >= 11 is 0. The van der Waals surface area contributed by atoms with E-state index in [1.54, 1.807) is 26.0 Å². The topological polar surface area (TPSA) is 233 Å². The number of aliphatic hydroxyl groups is 3. The summed E-state index contributed by atoms with van der Waals surface area (Å²) in [7, 11) is 0. The number of aryl methyl sites for hydroxylation is 4. The van der Waals surface area contributed by atoms with Gasteiger partial charge in [0.15, 0.2) is 34.2 Å². The highest BCUT2D eigenvalue weighted by Gasteiger charge is 2.36. The summed E-state index contributed by atoms with van der Waals surface area (Å²) in [6, 6.07) is 16.6. The average molecular weight is 1000 g/mol. The Morgan fingerprint density at radius 1 is 0.625 bits per heavy atom. The summed E-state index contributed by atoms with van der Waals surface area (Å²) in [5.41, 5.74) is -1.68. The van der Waals surface area contributed by atoms with Crippen LogP contribution in [0.25, 0.3) is 33.8 Å². The number of halogens is 6. The van der Waals surface area contributed by atoms with Crippen molar-refractivity contribution >= 4 is 34.5 Å². The minimum absolute atomic E-state index is 0.0279. The predicted octanol–water partition coefficient (Wildman–Crippen LogP) is 7.22. The first-order valence-electron chi connectivity index (χ1n) is 21.7. The molecule has 0 aliphatic rings. The molecule has 0 radical (unpaired) electrons. The first kappa shape index (κ1) is 50.2. The van der Waals surface area contributed by atoms with Crippen LogP contribution in [0.2, 0.25) is 0 Å². The van der Waals surface area contributed by atoms with Crippen molar-refractivity contribution in [3.63, 3.8) is 0 Å². The normalized spacial score (nSPS) is 12.7. The third-order valence-corrected chi connectivity index (χ3v) is 10.8. The van der Waals surface area contributed by atoms with Gasteiger partial charge in [-0.1, -0.05) is 36.4 Å². The number of nitrogens with one attached hydrogen (secondary N) is 2. The Labute approximate surface area is 403 Å². The van der Waals surface area contributed by atoms with Crippen LogP contribution in [0.3, 0.4) is 0 Å². The molecule has 0 saturated heterocycles. The molecule has 5 N–H and O–H groups in total. The number of nitrogens with zero attached hydrogens (tertiary/aromatic N) is 8. The largest absolute Gasteiger partial charge is 0.487 e. The number of amides is 2. The number of hydrogen-bond donors (Lipinski definition) is 5. The van der Waals surface area contributed by atoms with Gasteiger partial charge >= 0.3 is 12.4 Å². The lowest BCUT2D eigenvalue weighted by Gasteiger charge is -2.17. The maximum atomic E-state index is 14.2. The van der Waals surface area contributed by atoms with Gasteiger partial charge in [-0.3, -0.25) is 14.6 Å². The van der Waals surface area contributed by atoms with E-state index in [0.29, 0.717) is 16.9 Å². The van der Waals surface area contributed by atoms with Crippen molar-refractivity contribution in [2.45, 2.75) is 52.3 Å². The number of anilines is 2. The molecule has 0 aliphatic heterocycles. The Bertz CT molecular complexity index is 3330. The average Bonchev–Trinajstić information content (AvgIpc) is 3.87. The number of aliphatic hydroxyl groups excluding tert-OH is 3. The van der Waals surface area contributed by atoms with Gasteiger partial charge in [-0.25, -0.2) is 24.0 Å². The Balaban J connectivity index is 1.01. The molecule has 0 bridgehead atoms. The summed E-state index contributed by atoms with van der Waals surface area (Å²) < 4.78 is 105. The molecule has 24 heteroatoms. The molecular weight excluding hydrogens is 959 g/mol. The van der Waals surface area contributed by atoms with E-state index in [2.05, 4.69) is 40.8 Å². The number of ether oxygens (including phenoxy) is 3. The van der Waals surface area contributed by atoms with Crippen LogP contribution in [-0.2, 0) is 12.4 Å². The van der Waals surface area contributed by atoms with E-state index >= 15 is 0 Å². The fourth-order valence-corrected chi connectivity index (χ4v) is 7.46. The first-order chi connectivity index (χ1) is 34.2. The van der Waals surface area contributed by atoms with Crippen LogP contribution in [0.1, 0.15) is 54.7 Å². The molecule has 0 saturated carbocycles. The number of rotatable bonds is 16. The van der Waals surface area contributed by atoms with E-state index in [1.165, 1.54) is 80.8 Å². The lowest BCUT2D eigenvalue weighted by molar-refractivity contribution is -0.137. The van der Waals surface area contributed by atoms with Gasteiger partial charge in [0.1, 0.15) is 32.0 Å². The fraction of sp³-hybridized carbons (Fsp3) is 0.250. The SMILES string of the molecule is Cc1ccc(NC(=O)c2c(C)nc3c(OC[C@H](O)COc4ncc(NC(=O)c5c(C)nc6c(OC[C@H](O)CO)cc(-c7ccccc7C(F)(F)F)nn56)cc4C)cc(-c4ccccc4C(F)(F)F)nn23)cn1. The number of carbonyl (C=O) groups excluding carboxylic acids is 2. The molecule has 0 unspecified atom stereocenters. The number of imidazole rings is 2. The van der Waals surface area contributed by atoms with Gasteiger partial charge in [0.2, 0.25) is 5.88 Å². The maximum absolute atomic E-state index is 14.2. The molecule has 72 heavy (non-hydrogen) atoms. The van der Waals surface area contributed by atoms with Gasteiger partial charge in [0.05, 0.1) is 64.3 Å². The third-order valence-electron chi connectivity index (χ3n) is 10.8. The lowest BCUT2D eigenvalue weighted by Crippen LogP contribution is -2.26. The van der Waals surface area contributed by atoms with Crippen molar-refractivity contribution in [1.29, 1.82) is 0 Å². The Morgan fingerprint density at radius 3 is 1.57 bits per heavy atom. The molecule has 2 amide bonds. The van der Waals surface area contributed by atoms with Crippen LogP contribution in [0, 0.1) is 27.7 Å². The summed E-state index contributed by atoms with van der Waals surface area (Å²) in [5.74, 6) is -1.70. The number of benzene rings is 2. The molecule has 2 atom stereocenters. The fourth-order valence-electron chi connectivity index (χ4n) is 7.46. The van der Waals surface area contributed by atoms with Crippen LogP contribution < -0.4 is 24.8 Å². The van der Waals surface area contributed by atoms with Crippen LogP contribution in [0.15, 0.2) is 91.3 Å². The molecule has 8 rings (SSSR count). The summed E-state index contributed by atoms with van der Waals surface area (Å²) in [4.78, 5) is 44.8. The van der Waals surface area contributed by atoms with E-state index in [9.17, 15) is 51.3 Å². The zero-order valence-electron chi connectivity index (χ0n) is 38.4. The second-order valence-corrected chi connectivity index (χ2v) is 16.3. The van der Waals surface area contributed by atoms with Gasteiger partial charge in [0.25, 0.3) is 11.8 Å². The molecule has 6 heterocycles. The highest BCUT2D eigenvalue weighted by molar-refractivity contribution is 6.05. The minimum atomic E-state index is -4.77. The summed E-state index contributed by atoms with van der Waals surface area (Å²) in [5, 5.41) is 44.5. The number of fused-ring (bicyclic) bond motifs is 2. The van der Waals surface area contributed by atoms with E-state index in [0.717, 1.165) is 21.2 Å². The molecule has 8 aromatic rings. The minimum Gasteiger partial charge on any atom is -0.487 e. The molecule has 2 aromatic carbocycles. The monoisotopic (exact) mass is 1000 g/mol. The molecule has 0 fully saturated rings. The Morgan fingerprint density at radius 2 is 1.10 bits per heavy atom. The quantitative estimate of drug-likeness (QED) is 0.0602. The van der Waals surface area contributed by atoms with Gasteiger partial charge in [-0.2, -0.15) is 36.5 Å². The summed E-state index contributed by atoms with van der Waals surface area (Å²) in [6.07, 6.45) is -9.60. The molecule has 0 spiro atoms. The van der Waals surface area contributed by atoms with Crippen molar-refractivity contribution in [1.82, 2.24) is 39.2 Å². The maximum Gasteiger partial charge on any atom is 0.417 e. The van der Waals surface area contributed by atoms with E-state index in [-0.39, 0.29) is 79.7 Å². The lowest BCUT2D eigenvalue weighted by atomic mass is 10.0. The van der Waals surface area contributed by atoms with Gasteiger partial charge in [0, 0.05) is 34.5 Å².